The Morgan fingerprint density at radius 3 is 2.25 bits per heavy atom. The van der Waals surface area contributed by atoms with E-state index in [0.29, 0.717) is 10.3 Å². The lowest BCUT2D eigenvalue weighted by atomic mass is 10.3. The Bertz CT molecular complexity index is 759. The van der Waals surface area contributed by atoms with E-state index >= 15 is 0 Å². The van der Waals surface area contributed by atoms with Crippen LogP contribution in [0.1, 0.15) is 25.6 Å². The molecule has 6 nitrogen and oxygen atoms in total. The van der Waals surface area contributed by atoms with Crippen molar-refractivity contribution in [2.24, 2.45) is 5.10 Å². The van der Waals surface area contributed by atoms with E-state index in [1.807, 2.05) is 18.2 Å². The number of hydrogen-bond acceptors (Lipinski definition) is 5. The SMILES string of the molecule is CC(=O)N(N=c1sc2ccccc2n1C(C)=O)C(C)=O. The van der Waals surface area contributed by atoms with Gasteiger partial charge in [0.2, 0.25) is 22.5 Å². The summed E-state index contributed by atoms with van der Waals surface area (Å²) in [6.45, 7) is 3.90. The highest BCUT2D eigenvalue weighted by molar-refractivity contribution is 7.16. The summed E-state index contributed by atoms with van der Waals surface area (Å²) in [6, 6.07) is 7.30. The van der Waals surface area contributed by atoms with Crippen molar-refractivity contribution in [3.05, 3.63) is 29.1 Å². The number of imide groups is 1. The fourth-order valence-corrected chi connectivity index (χ4v) is 2.84. The third-order valence-electron chi connectivity index (χ3n) is 2.60. The van der Waals surface area contributed by atoms with Crippen molar-refractivity contribution < 1.29 is 14.4 Å². The zero-order valence-electron chi connectivity index (χ0n) is 11.3. The number of thiazole rings is 1. The van der Waals surface area contributed by atoms with Gasteiger partial charge in [0.25, 0.3) is 0 Å². The van der Waals surface area contributed by atoms with Crippen LogP contribution >= 0.6 is 11.3 Å². The molecule has 0 aliphatic carbocycles. The van der Waals surface area contributed by atoms with Crippen molar-refractivity contribution in [1.82, 2.24) is 9.58 Å². The number of benzene rings is 1. The molecule has 7 heteroatoms. The highest BCUT2D eigenvalue weighted by atomic mass is 32.1. The smallest absolute Gasteiger partial charge is 0.246 e. The number of carbonyl (C=O) groups excluding carboxylic acids is 3. The highest BCUT2D eigenvalue weighted by Gasteiger charge is 2.15. The number of carbonyl (C=O) groups is 3. The first-order valence-corrected chi connectivity index (χ1v) is 6.71. The maximum atomic E-state index is 11.8. The second-order valence-corrected chi connectivity index (χ2v) is 5.17. The van der Waals surface area contributed by atoms with Gasteiger partial charge in [0.05, 0.1) is 10.2 Å². The summed E-state index contributed by atoms with van der Waals surface area (Å²) in [6.07, 6.45) is 0. The van der Waals surface area contributed by atoms with E-state index in [1.54, 1.807) is 6.07 Å². The number of aromatic nitrogens is 1. The van der Waals surface area contributed by atoms with E-state index in [-0.39, 0.29) is 5.91 Å². The fourth-order valence-electron chi connectivity index (χ4n) is 1.79. The lowest BCUT2D eigenvalue weighted by Crippen LogP contribution is -2.32. The van der Waals surface area contributed by atoms with Gasteiger partial charge in [-0.3, -0.25) is 19.0 Å². The van der Waals surface area contributed by atoms with Crippen LogP contribution in [0.2, 0.25) is 0 Å². The number of amides is 2. The lowest BCUT2D eigenvalue weighted by molar-refractivity contribution is -0.142. The number of hydrogen-bond donors (Lipinski definition) is 0. The first-order valence-electron chi connectivity index (χ1n) is 5.89. The molecule has 0 saturated carbocycles. The number of fused-ring (bicyclic) bond motifs is 1. The molecular formula is C13H13N3O3S. The summed E-state index contributed by atoms with van der Waals surface area (Å²) in [5.74, 6) is -1.22. The van der Waals surface area contributed by atoms with Crippen LogP contribution in [0.25, 0.3) is 10.2 Å². The molecule has 0 bridgehead atoms. The standard InChI is InChI=1S/C13H13N3O3S/c1-8(17)15-11-6-4-5-7-12(11)20-13(15)14-16(9(2)18)10(3)19/h4-7H,1-3H3. The fraction of sp³-hybridized carbons (Fsp3) is 0.231. The number of nitrogens with zero attached hydrogens (tertiary/aromatic N) is 3. The van der Waals surface area contributed by atoms with Gasteiger partial charge in [0, 0.05) is 20.8 Å². The molecule has 2 rings (SSSR count). The molecule has 0 saturated heterocycles. The van der Waals surface area contributed by atoms with Gasteiger partial charge < -0.3 is 0 Å². The second-order valence-electron chi connectivity index (χ2n) is 4.16. The van der Waals surface area contributed by atoms with Crippen molar-refractivity contribution in [1.29, 1.82) is 0 Å². The first kappa shape index (κ1) is 14.1. The molecule has 20 heavy (non-hydrogen) atoms. The van der Waals surface area contributed by atoms with E-state index < -0.39 is 11.8 Å². The molecule has 0 unspecified atom stereocenters. The van der Waals surface area contributed by atoms with E-state index in [0.717, 1.165) is 9.71 Å². The quantitative estimate of drug-likeness (QED) is 0.749. The molecule has 0 fully saturated rings. The minimum atomic E-state index is -0.495. The van der Waals surface area contributed by atoms with Crippen molar-refractivity contribution in [2.45, 2.75) is 20.8 Å². The van der Waals surface area contributed by atoms with Gasteiger partial charge in [-0.05, 0) is 12.1 Å². The molecule has 2 aromatic rings. The van der Waals surface area contributed by atoms with Gasteiger partial charge in [0.15, 0.2) is 0 Å². The highest BCUT2D eigenvalue weighted by Crippen LogP contribution is 2.16. The summed E-state index contributed by atoms with van der Waals surface area (Å²) in [4.78, 5) is 34.9. The molecular weight excluding hydrogens is 278 g/mol. The average Bonchev–Trinajstić information content (AvgIpc) is 2.73. The molecule has 2 amide bonds. The first-order chi connectivity index (χ1) is 9.41. The molecule has 104 valence electrons. The number of para-hydroxylation sites is 1. The molecule has 1 aromatic carbocycles. The van der Waals surface area contributed by atoms with Gasteiger partial charge in [-0.1, -0.05) is 23.5 Å². The van der Waals surface area contributed by atoms with Crippen LogP contribution in [0.3, 0.4) is 0 Å². The molecule has 1 aromatic heterocycles. The Morgan fingerprint density at radius 2 is 1.70 bits per heavy atom. The van der Waals surface area contributed by atoms with Crippen LogP contribution in [0.15, 0.2) is 29.4 Å². The van der Waals surface area contributed by atoms with Gasteiger partial charge in [0.1, 0.15) is 0 Å². The summed E-state index contributed by atoms with van der Waals surface area (Å²) < 4.78 is 2.24. The van der Waals surface area contributed by atoms with E-state index in [4.69, 9.17) is 0 Å². The van der Waals surface area contributed by atoms with E-state index in [2.05, 4.69) is 5.10 Å². The van der Waals surface area contributed by atoms with Crippen LogP contribution < -0.4 is 4.80 Å². The van der Waals surface area contributed by atoms with Gasteiger partial charge >= 0.3 is 0 Å². The van der Waals surface area contributed by atoms with Crippen molar-refractivity contribution in [3.8, 4) is 0 Å². The Balaban J connectivity index is 2.76. The van der Waals surface area contributed by atoms with Crippen molar-refractivity contribution in [2.75, 3.05) is 0 Å². The molecule has 0 spiro atoms. The van der Waals surface area contributed by atoms with Gasteiger partial charge in [-0.2, -0.15) is 5.01 Å². The molecule has 0 aliphatic heterocycles. The van der Waals surface area contributed by atoms with E-state index in [1.165, 1.54) is 36.7 Å². The normalized spacial score (nSPS) is 11.7. The average molecular weight is 291 g/mol. The minimum absolute atomic E-state index is 0.228. The predicted molar refractivity (Wildman–Crippen MR) is 74.9 cm³/mol. The largest absolute Gasteiger partial charge is 0.274 e. The Kier molecular flexibility index (Phi) is 3.80. The van der Waals surface area contributed by atoms with Gasteiger partial charge in [-0.15, -0.1) is 5.10 Å². The summed E-state index contributed by atoms with van der Waals surface area (Å²) in [5, 5.41) is 4.77. The van der Waals surface area contributed by atoms with Crippen molar-refractivity contribution >= 4 is 39.3 Å². The molecule has 0 atom stereocenters. The minimum Gasteiger partial charge on any atom is -0.274 e. The Labute approximate surface area is 118 Å². The number of rotatable bonds is 1. The van der Waals surface area contributed by atoms with Crippen molar-refractivity contribution in [3.63, 3.8) is 0 Å². The van der Waals surface area contributed by atoms with Crippen LogP contribution in [-0.4, -0.2) is 27.3 Å². The predicted octanol–water partition coefficient (Wildman–Crippen LogP) is 1.57. The zero-order valence-corrected chi connectivity index (χ0v) is 12.1. The molecule has 0 radical (unpaired) electrons. The lowest BCUT2D eigenvalue weighted by Gasteiger charge is -2.09. The molecule has 0 aliphatic rings. The summed E-state index contributed by atoms with van der Waals surface area (Å²) >= 11 is 1.24. The Hall–Kier alpha value is -2.28. The van der Waals surface area contributed by atoms with Gasteiger partial charge in [-0.25, -0.2) is 0 Å². The zero-order chi connectivity index (χ0) is 14.9. The molecule has 1 heterocycles. The third-order valence-corrected chi connectivity index (χ3v) is 3.61. The Morgan fingerprint density at radius 1 is 1.10 bits per heavy atom. The maximum Gasteiger partial charge on any atom is 0.246 e. The topological polar surface area (TPSA) is 71.7 Å². The third kappa shape index (κ3) is 2.53. The summed E-state index contributed by atoms with van der Waals surface area (Å²) in [5.41, 5.74) is 0.704. The van der Waals surface area contributed by atoms with Crippen LogP contribution in [0, 0.1) is 0 Å². The van der Waals surface area contributed by atoms with E-state index in [9.17, 15) is 14.4 Å². The monoisotopic (exact) mass is 291 g/mol. The van der Waals surface area contributed by atoms with Crippen LogP contribution in [0.4, 0.5) is 0 Å². The molecule has 0 N–H and O–H groups in total. The van der Waals surface area contributed by atoms with Crippen LogP contribution in [-0.2, 0) is 9.59 Å². The maximum absolute atomic E-state index is 11.8. The summed E-state index contributed by atoms with van der Waals surface area (Å²) in [7, 11) is 0. The van der Waals surface area contributed by atoms with Crippen LogP contribution in [0.5, 0.6) is 0 Å². The second kappa shape index (κ2) is 5.38.